The van der Waals surface area contributed by atoms with Gasteiger partial charge in [0.25, 0.3) is 5.91 Å². The Labute approximate surface area is 187 Å². The lowest BCUT2D eigenvalue weighted by Gasteiger charge is -2.15. The predicted molar refractivity (Wildman–Crippen MR) is 125 cm³/mol. The molecule has 0 aromatic heterocycles. The molecule has 1 heterocycles. The van der Waals surface area contributed by atoms with Crippen LogP contribution >= 0.6 is 24.0 Å². The summed E-state index contributed by atoms with van der Waals surface area (Å²) in [7, 11) is 3.28. The van der Waals surface area contributed by atoms with Crippen molar-refractivity contribution in [1.29, 1.82) is 0 Å². The van der Waals surface area contributed by atoms with Crippen LogP contribution in [0.5, 0.6) is 17.2 Å². The molecule has 1 aliphatic heterocycles. The van der Waals surface area contributed by atoms with Crippen LogP contribution in [-0.2, 0) is 4.79 Å². The van der Waals surface area contributed by atoms with Gasteiger partial charge in [-0.2, -0.15) is 0 Å². The Morgan fingerprint density at radius 3 is 2.27 bits per heavy atom. The number of carbonyl (C=O) groups is 1. The Morgan fingerprint density at radius 2 is 1.67 bits per heavy atom. The summed E-state index contributed by atoms with van der Waals surface area (Å²) in [6, 6.07) is 11.7. The number of thiocarbonyl (C=S) groups is 1. The van der Waals surface area contributed by atoms with Crippen molar-refractivity contribution in [2.24, 2.45) is 0 Å². The second-order valence-electron chi connectivity index (χ2n) is 6.89. The van der Waals surface area contributed by atoms with Crippen molar-refractivity contribution in [3.8, 4) is 17.2 Å². The van der Waals surface area contributed by atoms with Crippen LogP contribution in [-0.4, -0.2) is 42.5 Å². The van der Waals surface area contributed by atoms with Gasteiger partial charge in [0.2, 0.25) is 0 Å². The molecule has 0 unspecified atom stereocenters. The van der Waals surface area contributed by atoms with Gasteiger partial charge in [-0.15, -0.1) is 0 Å². The highest BCUT2D eigenvalue weighted by atomic mass is 32.2. The quantitative estimate of drug-likeness (QED) is 0.325. The maximum Gasteiger partial charge on any atom is 0.265 e. The Kier molecular flexibility index (Phi) is 7.39. The molecule has 5 nitrogen and oxygen atoms in total. The maximum atomic E-state index is 12.3. The Bertz CT molecular complexity index is 967. The Balaban J connectivity index is 1.67. The molecule has 3 rings (SSSR count). The first-order valence-corrected chi connectivity index (χ1v) is 10.8. The van der Waals surface area contributed by atoms with Crippen LogP contribution in [0.3, 0.4) is 0 Å². The molecule has 1 aliphatic rings. The lowest BCUT2D eigenvalue weighted by molar-refractivity contribution is -0.121. The first-order valence-electron chi connectivity index (χ1n) is 9.62. The first-order chi connectivity index (χ1) is 14.4. The number of hydrogen-bond acceptors (Lipinski definition) is 6. The molecular formula is C23H25NO4S2. The van der Waals surface area contributed by atoms with E-state index in [4.69, 9.17) is 26.4 Å². The third-order valence-electron chi connectivity index (χ3n) is 4.69. The average Bonchev–Trinajstić information content (AvgIpc) is 2.97. The summed E-state index contributed by atoms with van der Waals surface area (Å²) in [5, 5.41) is 0. The van der Waals surface area contributed by atoms with Crippen molar-refractivity contribution in [1.82, 2.24) is 4.90 Å². The zero-order chi connectivity index (χ0) is 21.7. The van der Waals surface area contributed by atoms with E-state index in [0.717, 1.165) is 22.4 Å². The largest absolute Gasteiger partial charge is 0.493 e. The van der Waals surface area contributed by atoms with Crippen LogP contribution < -0.4 is 14.2 Å². The number of methoxy groups -OCH3 is 1. The lowest BCUT2D eigenvalue weighted by Crippen LogP contribution is -2.22. The number of rotatable bonds is 8. The maximum absolute atomic E-state index is 12.3. The smallest absolute Gasteiger partial charge is 0.265 e. The molecule has 1 fully saturated rings. The highest BCUT2D eigenvalue weighted by Crippen LogP contribution is 2.37. The number of thioether (sulfide) groups is 1. The molecular weight excluding hydrogens is 418 g/mol. The molecule has 0 radical (unpaired) electrons. The molecule has 2 aromatic rings. The van der Waals surface area contributed by atoms with E-state index in [-0.39, 0.29) is 5.91 Å². The summed E-state index contributed by atoms with van der Waals surface area (Å²) in [5.74, 6) is 2.04. The summed E-state index contributed by atoms with van der Waals surface area (Å²) in [6.45, 7) is 5.09. The number of aryl methyl sites for hydroxylation is 2. The van der Waals surface area contributed by atoms with Crippen molar-refractivity contribution in [2.45, 2.75) is 20.3 Å². The zero-order valence-corrected chi connectivity index (χ0v) is 19.2. The number of nitrogens with zero attached hydrogens (tertiary/aromatic N) is 1. The molecule has 0 bridgehead atoms. The Morgan fingerprint density at radius 1 is 1.03 bits per heavy atom. The predicted octanol–water partition coefficient (Wildman–Crippen LogP) is 4.99. The highest BCUT2D eigenvalue weighted by Gasteiger charge is 2.29. The number of carbonyl (C=O) groups excluding carboxylic acids is 1. The average molecular weight is 444 g/mol. The fourth-order valence-corrected chi connectivity index (χ4v) is 4.25. The normalized spacial score (nSPS) is 15.1. The van der Waals surface area contributed by atoms with Crippen LogP contribution in [0.2, 0.25) is 0 Å². The van der Waals surface area contributed by atoms with Gasteiger partial charge < -0.3 is 14.2 Å². The van der Waals surface area contributed by atoms with E-state index in [2.05, 4.69) is 0 Å². The van der Waals surface area contributed by atoms with E-state index in [9.17, 15) is 4.79 Å². The molecule has 158 valence electrons. The fourth-order valence-electron chi connectivity index (χ4n) is 3.08. The number of ether oxygens (including phenoxy) is 3. The third-order valence-corrected chi connectivity index (χ3v) is 6.18. The van der Waals surface area contributed by atoms with Crippen LogP contribution in [0.25, 0.3) is 6.08 Å². The summed E-state index contributed by atoms with van der Waals surface area (Å²) in [6.07, 6.45) is 2.51. The molecule has 1 amide bonds. The van der Waals surface area contributed by atoms with E-state index in [0.29, 0.717) is 40.4 Å². The van der Waals surface area contributed by atoms with Crippen LogP contribution in [0.4, 0.5) is 0 Å². The third kappa shape index (κ3) is 4.96. The highest BCUT2D eigenvalue weighted by molar-refractivity contribution is 8.26. The SMILES string of the molecule is COc1cccc(/C=C2/SC(=S)N(C)C2=O)c1OCCCOc1c(C)cccc1C. The van der Waals surface area contributed by atoms with E-state index in [1.807, 2.05) is 50.2 Å². The molecule has 0 N–H and O–H groups in total. The number of likely N-dealkylation sites (N-methyl/N-ethyl adjacent to an activating group) is 1. The number of hydrogen-bond donors (Lipinski definition) is 0. The van der Waals surface area contributed by atoms with Crippen molar-refractivity contribution < 1.29 is 19.0 Å². The molecule has 0 spiro atoms. The van der Waals surface area contributed by atoms with Crippen molar-refractivity contribution in [2.75, 3.05) is 27.4 Å². The van der Waals surface area contributed by atoms with Gasteiger partial charge in [0.05, 0.1) is 25.2 Å². The molecule has 30 heavy (non-hydrogen) atoms. The molecule has 0 aliphatic carbocycles. The van der Waals surface area contributed by atoms with Gasteiger partial charge in [0.15, 0.2) is 11.5 Å². The van der Waals surface area contributed by atoms with Gasteiger partial charge in [-0.25, -0.2) is 0 Å². The molecule has 0 saturated carbocycles. The molecule has 7 heteroatoms. The van der Waals surface area contributed by atoms with Gasteiger partial charge >= 0.3 is 0 Å². The Hall–Kier alpha value is -2.51. The molecule has 2 aromatic carbocycles. The second-order valence-corrected chi connectivity index (χ2v) is 8.57. The van der Waals surface area contributed by atoms with Gasteiger partial charge in [0, 0.05) is 19.0 Å². The summed E-state index contributed by atoms with van der Waals surface area (Å²) < 4.78 is 18.0. The van der Waals surface area contributed by atoms with Gasteiger partial charge in [0.1, 0.15) is 10.1 Å². The number of benzene rings is 2. The monoisotopic (exact) mass is 443 g/mol. The molecule has 0 atom stereocenters. The van der Waals surface area contributed by atoms with Gasteiger partial charge in [-0.3, -0.25) is 9.69 Å². The van der Waals surface area contributed by atoms with Crippen molar-refractivity contribution in [3.05, 3.63) is 58.0 Å². The minimum Gasteiger partial charge on any atom is -0.493 e. The van der Waals surface area contributed by atoms with Crippen molar-refractivity contribution in [3.63, 3.8) is 0 Å². The van der Waals surface area contributed by atoms with E-state index < -0.39 is 0 Å². The summed E-state index contributed by atoms with van der Waals surface area (Å²) in [5.41, 5.74) is 3.02. The van der Waals surface area contributed by atoms with E-state index >= 15 is 0 Å². The van der Waals surface area contributed by atoms with Gasteiger partial charge in [-0.05, 0) is 37.1 Å². The summed E-state index contributed by atoms with van der Waals surface area (Å²) >= 11 is 6.49. The van der Waals surface area contributed by atoms with E-state index in [1.165, 1.54) is 16.7 Å². The lowest BCUT2D eigenvalue weighted by atomic mass is 10.1. The van der Waals surface area contributed by atoms with Crippen LogP contribution in [0.1, 0.15) is 23.1 Å². The summed E-state index contributed by atoms with van der Waals surface area (Å²) in [4.78, 5) is 14.4. The number of amides is 1. The van der Waals surface area contributed by atoms with Crippen LogP contribution in [0, 0.1) is 13.8 Å². The fraction of sp³-hybridized carbons (Fsp3) is 0.304. The second kappa shape index (κ2) is 10.00. The van der Waals surface area contributed by atoms with Crippen molar-refractivity contribution >= 4 is 40.3 Å². The zero-order valence-electron chi connectivity index (χ0n) is 17.6. The van der Waals surface area contributed by atoms with Gasteiger partial charge in [-0.1, -0.05) is 54.3 Å². The van der Waals surface area contributed by atoms with Crippen LogP contribution in [0.15, 0.2) is 41.3 Å². The standard InChI is InChI=1S/C23H25NO4S2/c1-15-8-5-9-16(2)20(15)27-12-7-13-28-21-17(10-6-11-18(21)26-4)14-19-22(25)24(3)23(29)30-19/h5-6,8-11,14H,7,12-13H2,1-4H3/b19-14+. The first kappa shape index (κ1) is 22.2. The molecule has 1 saturated heterocycles. The topological polar surface area (TPSA) is 48.0 Å². The minimum absolute atomic E-state index is 0.110. The van der Waals surface area contributed by atoms with E-state index in [1.54, 1.807) is 20.2 Å². The minimum atomic E-state index is -0.110. The number of para-hydroxylation sites is 2.